The first kappa shape index (κ1) is 22.4. The fourth-order valence-corrected chi connectivity index (χ4v) is 4.04. The van der Waals surface area contributed by atoms with Crippen LogP contribution in [0.25, 0.3) is 11.3 Å². The molecule has 178 valence electrons. The molecule has 11 heteroatoms. The van der Waals surface area contributed by atoms with E-state index in [1.54, 1.807) is 41.5 Å². The molecule has 4 aromatic rings. The summed E-state index contributed by atoms with van der Waals surface area (Å²) in [7, 11) is 1.84. The largest absolute Gasteiger partial charge is 0.353 e. The maximum Gasteiger partial charge on any atom is 0.258 e. The van der Waals surface area contributed by atoms with E-state index in [9.17, 15) is 9.18 Å². The number of aromatic nitrogens is 6. The Hall–Kier alpha value is -4.41. The van der Waals surface area contributed by atoms with Gasteiger partial charge in [-0.1, -0.05) is 0 Å². The standard InChI is InChI=1S/C24H24FN9O/c1-16-14-33(22-6-4-19(25)11-28-22)7-8-34(16)23-13-27-21(12-29-23)31-24(35)17-3-5-20(26-9-17)18-10-30-32(2)15-18/h3-6,9-13,15-16H,7-8,14H2,1-2H3,(H,27,31,35)/t16-/m0/s1. The summed E-state index contributed by atoms with van der Waals surface area (Å²) in [6, 6.07) is 6.75. The third-order valence-electron chi connectivity index (χ3n) is 5.86. The number of anilines is 3. The fraction of sp³-hybridized carbons (Fsp3) is 0.250. The number of piperazine rings is 1. The Bertz CT molecular complexity index is 1310. The maximum atomic E-state index is 13.2. The lowest BCUT2D eigenvalue weighted by atomic mass is 10.2. The summed E-state index contributed by atoms with van der Waals surface area (Å²) >= 11 is 0. The van der Waals surface area contributed by atoms with Gasteiger partial charge in [0.1, 0.15) is 17.5 Å². The Balaban J connectivity index is 1.20. The molecule has 5 rings (SSSR count). The lowest BCUT2D eigenvalue weighted by Gasteiger charge is -2.40. The van der Waals surface area contributed by atoms with E-state index in [1.165, 1.54) is 18.5 Å². The molecular weight excluding hydrogens is 449 g/mol. The molecule has 0 unspecified atom stereocenters. The van der Waals surface area contributed by atoms with Crippen LogP contribution in [0.5, 0.6) is 0 Å². The van der Waals surface area contributed by atoms with Crippen molar-refractivity contribution in [1.82, 2.24) is 29.7 Å². The Labute approximate surface area is 201 Å². The van der Waals surface area contributed by atoms with Crippen molar-refractivity contribution >= 4 is 23.4 Å². The molecule has 1 fully saturated rings. The van der Waals surface area contributed by atoms with Crippen LogP contribution >= 0.6 is 0 Å². The summed E-state index contributed by atoms with van der Waals surface area (Å²) < 4.78 is 14.9. The molecule has 4 aromatic heterocycles. The van der Waals surface area contributed by atoms with Crippen molar-refractivity contribution in [2.45, 2.75) is 13.0 Å². The van der Waals surface area contributed by atoms with E-state index in [0.717, 1.165) is 42.5 Å². The van der Waals surface area contributed by atoms with Gasteiger partial charge in [-0.25, -0.2) is 19.3 Å². The van der Waals surface area contributed by atoms with Crippen molar-refractivity contribution in [3.63, 3.8) is 0 Å². The second-order valence-electron chi connectivity index (χ2n) is 8.37. The van der Waals surface area contributed by atoms with Gasteiger partial charge >= 0.3 is 0 Å². The van der Waals surface area contributed by atoms with Crippen LogP contribution in [-0.2, 0) is 7.05 Å². The topological polar surface area (TPSA) is 105 Å². The monoisotopic (exact) mass is 473 g/mol. The number of hydrogen-bond acceptors (Lipinski definition) is 8. The van der Waals surface area contributed by atoms with Gasteiger partial charge in [-0.2, -0.15) is 5.10 Å². The van der Waals surface area contributed by atoms with Crippen LogP contribution in [0.2, 0.25) is 0 Å². The average molecular weight is 474 g/mol. The van der Waals surface area contributed by atoms with E-state index in [4.69, 9.17) is 0 Å². The number of amides is 1. The number of nitrogens with one attached hydrogen (secondary N) is 1. The lowest BCUT2D eigenvalue weighted by molar-refractivity contribution is 0.102. The third-order valence-corrected chi connectivity index (χ3v) is 5.86. The first-order valence-corrected chi connectivity index (χ1v) is 11.2. The van der Waals surface area contributed by atoms with Gasteiger partial charge in [0.05, 0.1) is 36.0 Å². The second-order valence-corrected chi connectivity index (χ2v) is 8.37. The van der Waals surface area contributed by atoms with Crippen molar-refractivity contribution in [1.29, 1.82) is 0 Å². The highest BCUT2D eigenvalue weighted by Gasteiger charge is 2.25. The molecule has 0 aromatic carbocycles. The fourth-order valence-electron chi connectivity index (χ4n) is 4.04. The number of nitrogens with zero attached hydrogens (tertiary/aromatic N) is 8. The molecule has 1 atom stereocenters. The molecule has 5 heterocycles. The summed E-state index contributed by atoms with van der Waals surface area (Å²) in [6.45, 7) is 4.26. The molecule has 10 nitrogen and oxygen atoms in total. The highest BCUT2D eigenvalue weighted by atomic mass is 19.1. The van der Waals surface area contributed by atoms with Crippen LogP contribution in [0.15, 0.2) is 61.4 Å². The summed E-state index contributed by atoms with van der Waals surface area (Å²) in [4.78, 5) is 34.3. The van der Waals surface area contributed by atoms with Gasteiger partial charge in [0, 0.05) is 50.7 Å². The minimum atomic E-state index is -0.346. The molecular formula is C24H24FN9O. The van der Waals surface area contributed by atoms with Crippen molar-refractivity contribution in [3.8, 4) is 11.3 Å². The Kier molecular flexibility index (Phi) is 6.04. The summed E-state index contributed by atoms with van der Waals surface area (Å²) in [5, 5.41) is 6.89. The number of aryl methyl sites for hydroxylation is 1. The SMILES string of the molecule is C[C@H]1CN(c2ccc(F)cn2)CCN1c1cnc(NC(=O)c2ccc(-c3cnn(C)c3)nc2)cn1. The normalized spacial score (nSPS) is 15.8. The summed E-state index contributed by atoms with van der Waals surface area (Å²) in [5.41, 5.74) is 2.04. The molecule has 1 N–H and O–H groups in total. The Morgan fingerprint density at radius 3 is 2.46 bits per heavy atom. The van der Waals surface area contributed by atoms with Crippen molar-refractivity contribution in [3.05, 3.63) is 72.8 Å². The molecule has 1 aliphatic heterocycles. The van der Waals surface area contributed by atoms with E-state index in [0.29, 0.717) is 11.4 Å². The minimum Gasteiger partial charge on any atom is -0.353 e. The van der Waals surface area contributed by atoms with Crippen molar-refractivity contribution in [2.24, 2.45) is 7.05 Å². The quantitative estimate of drug-likeness (QED) is 0.472. The molecule has 1 amide bonds. The van der Waals surface area contributed by atoms with Crippen LogP contribution in [0.1, 0.15) is 17.3 Å². The summed E-state index contributed by atoms with van der Waals surface area (Å²) in [6.07, 6.45) is 9.54. The number of halogens is 1. The lowest BCUT2D eigenvalue weighted by Crippen LogP contribution is -2.52. The highest BCUT2D eigenvalue weighted by molar-refractivity contribution is 6.03. The van der Waals surface area contributed by atoms with Gasteiger partial charge in [-0.05, 0) is 31.2 Å². The van der Waals surface area contributed by atoms with E-state index in [-0.39, 0.29) is 17.8 Å². The van der Waals surface area contributed by atoms with Gasteiger partial charge < -0.3 is 15.1 Å². The van der Waals surface area contributed by atoms with Crippen LogP contribution < -0.4 is 15.1 Å². The number of carbonyl (C=O) groups excluding carboxylic acids is 1. The molecule has 1 saturated heterocycles. The Morgan fingerprint density at radius 1 is 0.971 bits per heavy atom. The van der Waals surface area contributed by atoms with E-state index >= 15 is 0 Å². The Morgan fingerprint density at radius 2 is 1.83 bits per heavy atom. The predicted molar refractivity (Wildman–Crippen MR) is 130 cm³/mol. The number of carbonyl (C=O) groups is 1. The van der Waals surface area contributed by atoms with Crippen molar-refractivity contribution < 1.29 is 9.18 Å². The van der Waals surface area contributed by atoms with Crippen molar-refractivity contribution in [2.75, 3.05) is 34.8 Å². The van der Waals surface area contributed by atoms with E-state index in [1.807, 2.05) is 13.2 Å². The molecule has 0 radical (unpaired) electrons. The van der Waals surface area contributed by atoms with E-state index < -0.39 is 0 Å². The predicted octanol–water partition coefficient (Wildman–Crippen LogP) is 2.77. The zero-order valence-corrected chi connectivity index (χ0v) is 19.3. The van der Waals surface area contributed by atoms with Gasteiger partial charge in [0.2, 0.25) is 0 Å². The van der Waals surface area contributed by atoms with Gasteiger partial charge in [0.15, 0.2) is 5.82 Å². The molecule has 0 saturated carbocycles. The van der Waals surface area contributed by atoms with Gasteiger partial charge in [0.25, 0.3) is 5.91 Å². The van der Waals surface area contributed by atoms with Gasteiger partial charge in [-0.3, -0.25) is 14.5 Å². The van der Waals surface area contributed by atoms with Crippen LogP contribution in [0.4, 0.5) is 21.8 Å². The first-order chi connectivity index (χ1) is 17.0. The third kappa shape index (κ3) is 4.93. The molecule has 0 aliphatic carbocycles. The molecule has 1 aliphatic rings. The number of hydrogen-bond donors (Lipinski definition) is 1. The maximum absolute atomic E-state index is 13.2. The summed E-state index contributed by atoms with van der Waals surface area (Å²) in [5.74, 6) is 1.18. The van der Waals surface area contributed by atoms with Gasteiger partial charge in [-0.15, -0.1) is 0 Å². The number of pyridine rings is 2. The smallest absolute Gasteiger partial charge is 0.258 e. The number of rotatable bonds is 5. The van der Waals surface area contributed by atoms with Crippen LogP contribution in [0.3, 0.4) is 0 Å². The highest BCUT2D eigenvalue weighted by Crippen LogP contribution is 2.22. The first-order valence-electron chi connectivity index (χ1n) is 11.2. The minimum absolute atomic E-state index is 0.148. The second kappa shape index (κ2) is 9.45. The van der Waals surface area contributed by atoms with E-state index in [2.05, 4.69) is 47.1 Å². The zero-order valence-electron chi connectivity index (χ0n) is 19.3. The molecule has 35 heavy (non-hydrogen) atoms. The zero-order chi connectivity index (χ0) is 24.4. The van der Waals surface area contributed by atoms with Crippen LogP contribution in [0, 0.1) is 5.82 Å². The van der Waals surface area contributed by atoms with Crippen LogP contribution in [-0.4, -0.2) is 61.3 Å². The average Bonchev–Trinajstić information content (AvgIpc) is 3.31. The molecule has 0 bridgehead atoms. The molecule has 0 spiro atoms.